The molecule has 6 N–H and O–H groups in total. The highest BCUT2D eigenvalue weighted by Gasteiger charge is 2.12. The molecule has 3 aromatic carbocycles. The van der Waals surface area contributed by atoms with Crippen molar-refractivity contribution in [1.29, 1.82) is 0 Å². The number of phenols is 2. The largest absolute Gasteiger partial charge is 0.506 e. The first kappa shape index (κ1) is 17.3. The van der Waals surface area contributed by atoms with Crippen LogP contribution in [-0.2, 0) is 0 Å². The van der Waals surface area contributed by atoms with E-state index in [9.17, 15) is 10.2 Å². The van der Waals surface area contributed by atoms with Gasteiger partial charge in [0.15, 0.2) is 0 Å². The Hall–Kier alpha value is -3.54. The second-order valence-corrected chi connectivity index (χ2v) is 6.03. The van der Waals surface area contributed by atoms with Crippen molar-refractivity contribution in [2.24, 2.45) is 0 Å². The molecule has 0 aliphatic heterocycles. The molecule has 0 aromatic heterocycles. The van der Waals surface area contributed by atoms with E-state index in [1.807, 2.05) is 26.0 Å². The van der Waals surface area contributed by atoms with E-state index in [0.717, 1.165) is 11.1 Å². The van der Waals surface area contributed by atoms with Gasteiger partial charge in [0.1, 0.15) is 34.5 Å². The molecule has 0 heterocycles. The van der Waals surface area contributed by atoms with Crippen LogP contribution in [-0.4, -0.2) is 10.2 Å². The Balaban J connectivity index is 1.92. The smallest absolute Gasteiger partial charge is 0.142 e. The molecule has 0 amide bonds. The first-order valence-electron chi connectivity index (χ1n) is 7.97. The van der Waals surface area contributed by atoms with Gasteiger partial charge in [-0.05, 0) is 55.8 Å². The summed E-state index contributed by atoms with van der Waals surface area (Å²) >= 11 is 0. The van der Waals surface area contributed by atoms with Gasteiger partial charge in [-0.3, -0.25) is 0 Å². The lowest BCUT2D eigenvalue weighted by Crippen LogP contribution is -1.95. The predicted molar refractivity (Wildman–Crippen MR) is 101 cm³/mol. The van der Waals surface area contributed by atoms with Crippen LogP contribution in [0.3, 0.4) is 0 Å². The summed E-state index contributed by atoms with van der Waals surface area (Å²) in [4.78, 5) is 0. The number of hydrogen-bond acceptors (Lipinski definition) is 6. The van der Waals surface area contributed by atoms with Crippen LogP contribution in [0.1, 0.15) is 11.1 Å². The van der Waals surface area contributed by atoms with E-state index in [2.05, 4.69) is 0 Å². The minimum atomic E-state index is -0.0402. The molecule has 26 heavy (non-hydrogen) atoms. The minimum Gasteiger partial charge on any atom is -0.506 e. The molecule has 0 bridgehead atoms. The Morgan fingerprint density at radius 3 is 1.50 bits per heavy atom. The molecule has 6 heteroatoms. The zero-order chi connectivity index (χ0) is 18.8. The van der Waals surface area contributed by atoms with Crippen molar-refractivity contribution in [2.75, 3.05) is 11.5 Å². The maximum absolute atomic E-state index is 9.74. The summed E-state index contributed by atoms with van der Waals surface area (Å²) in [7, 11) is 0. The molecule has 0 aliphatic rings. The van der Waals surface area contributed by atoms with Gasteiger partial charge in [0, 0.05) is 17.7 Å². The average Bonchev–Trinajstić information content (AvgIpc) is 2.58. The highest BCUT2D eigenvalue weighted by Crippen LogP contribution is 2.37. The topological polar surface area (TPSA) is 111 Å². The highest BCUT2D eigenvalue weighted by atomic mass is 16.5. The maximum atomic E-state index is 9.74. The van der Waals surface area contributed by atoms with E-state index < -0.39 is 0 Å². The molecule has 0 fully saturated rings. The van der Waals surface area contributed by atoms with Gasteiger partial charge in [0.25, 0.3) is 0 Å². The lowest BCUT2D eigenvalue weighted by molar-refractivity contribution is 0.440. The van der Waals surface area contributed by atoms with E-state index in [1.165, 1.54) is 12.1 Å². The van der Waals surface area contributed by atoms with Crippen LogP contribution in [0.5, 0.6) is 34.5 Å². The fourth-order valence-corrected chi connectivity index (χ4v) is 2.43. The molecule has 0 unspecified atom stereocenters. The lowest BCUT2D eigenvalue weighted by atomic mass is 10.1. The maximum Gasteiger partial charge on any atom is 0.142 e. The standard InChI is InChI=1S/C20H20N2O4/c1-11-7-19(25-13-3-5-15(21)17(23)9-13)12(2)20(8-11)26-14-4-6-16(22)18(24)10-14/h3-10,23-24H,21-22H2,1-2H3. The number of rotatable bonds is 4. The summed E-state index contributed by atoms with van der Waals surface area (Å²) in [6, 6.07) is 13.1. The van der Waals surface area contributed by atoms with Gasteiger partial charge >= 0.3 is 0 Å². The lowest BCUT2D eigenvalue weighted by Gasteiger charge is -2.15. The number of anilines is 2. The SMILES string of the molecule is Cc1cc(Oc2ccc(N)c(O)c2)c(C)c(Oc2ccc(N)c(O)c2)c1. The molecule has 6 nitrogen and oxygen atoms in total. The van der Waals surface area contributed by atoms with Crippen molar-refractivity contribution in [2.45, 2.75) is 13.8 Å². The Kier molecular flexibility index (Phi) is 4.49. The fourth-order valence-electron chi connectivity index (χ4n) is 2.43. The molecule has 3 rings (SSSR count). The van der Waals surface area contributed by atoms with Gasteiger partial charge in [0.05, 0.1) is 11.4 Å². The molecule has 3 aromatic rings. The van der Waals surface area contributed by atoms with Crippen LogP contribution >= 0.6 is 0 Å². The summed E-state index contributed by atoms with van der Waals surface area (Å²) in [5, 5.41) is 19.5. The zero-order valence-corrected chi connectivity index (χ0v) is 14.5. The first-order chi connectivity index (χ1) is 12.3. The van der Waals surface area contributed by atoms with Crippen LogP contribution in [0.2, 0.25) is 0 Å². The average molecular weight is 352 g/mol. The summed E-state index contributed by atoms with van der Waals surface area (Å²) in [6.07, 6.45) is 0. The van der Waals surface area contributed by atoms with E-state index >= 15 is 0 Å². The third kappa shape index (κ3) is 3.59. The number of ether oxygens (including phenoxy) is 2. The number of hydrogen-bond donors (Lipinski definition) is 4. The second kappa shape index (κ2) is 6.76. The number of benzene rings is 3. The van der Waals surface area contributed by atoms with Gasteiger partial charge in [-0.1, -0.05) is 0 Å². The minimum absolute atomic E-state index is 0.0402. The summed E-state index contributed by atoms with van der Waals surface area (Å²) in [5.74, 6) is 2.01. The molecule has 0 saturated carbocycles. The summed E-state index contributed by atoms with van der Waals surface area (Å²) in [5.41, 5.74) is 13.5. The Labute approximate surface area is 151 Å². The number of nitrogen functional groups attached to an aromatic ring is 2. The normalized spacial score (nSPS) is 10.5. The van der Waals surface area contributed by atoms with Crippen molar-refractivity contribution in [3.8, 4) is 34.5 Å². The third-order valence-electron chi connectivity index (χ3n) is 3.92. The van der Waals surface area contributed by atoms with Crippen LogP contribution in [0.15, 0.2) is 48.5 Å². The number of aromatic hydroxyl groups is 2. The number of aryl methyl sites for hydroxylation is 1. The first-order valence-corrected chi connectivity index (χ1v) is 7.97. The van der Waals surface area contributed by atoms with Crippen molar-refractivity contribution in [3.63, 3.8) is 0 Å². The number of phenolic OH excluding ortho intramolecular Hbond substituents is 2. The summed E-state index contributed by atoms with van der Waals surface area (Å²) < 4.78 is 11.8. The quantitative estimate of drug-likeness (QED) is 0.407. The van der Waals surface area contributed by atoms with Gasteiger partial charge < -0.3 is 31.2 Å². The van der Waals surface area contributed by atoms with Crippen LogP contribution in [0.4, 0.5) is 11.4 Å². The predicted octanol–water partition coefficient (Wildman–Crippen LogP) is 4.46. The third-order valence-corrected chi connectivity index (χ3v) is 3.92. The van der Waals surface area contributed by atoms with E-state index in [-0.39, 0.29) is 22.9 Å². The van der Waals surface area contributed by atoms with Gasteiger partial charge in [-0.15, -0.1) is 0 Å². The molecule has 134 valence electrons. The Morgan fingerprint density at radius 1 is 0.692 bits per heavy atom. The van der Waals surface area contributed by atoms with Crippen LogP contribution in [0, 0.1) is 13.8 Å². The van der Waals surface area contributed by atoms with E-state index in [4.69, 9.17) is 20.9 Å². The second-order valence-electron chi connectivity index (χ2n) is 6.03. The van der Waals surface area contributed by atoms with Gasteiger partial charge in [-0.2, -0.15) is 0 Å². The van der Waals surface area contributed by atoms with Crippen molar-refractivity contribution >= 4 is 11.4 Å². The van der Waals surface area contributed by atoms with E-state index in [0.29, 0.717) is 23.0 Å². The fraction of sp³-hybridized carbons (Fsp3) is 0.100. The molecule has 0 spiro atoms. The highest BCUT2D eigenvalue weighted by molar-refractivity contribution is 5.58. The monoisotopic (exact) mass is 352 g/mol. The molecule has 0 saturated heterocycles. The molecular formula is C20H20N2O4. The van der Waals surface area contributed by atoms with E-state index in [1.54, 1.807) is 24.3 Å². The Bertz CT molecular complexity index is 896. The van der Waals surface area contributed by atoms with Gasteiger partial charge in [0.2, 0.25) is 0 Å². The summed E-state index contributed by atoms with van der Waals surface area (Å²) in [6.45, 7) is 3.78. The number of nitrogens with two attached hydrogens (primary N) is 2. The van der Waals surface area contributed by atoms with Crippen molar-refractivity contribution in [3.05, 3.63) is 59.7 Å². The van der Waals surface area contributed by atoms with Gasteiger partial charge in [-0.25, -0.2) is 0 Å². The van der Waals surface area contributed by atoms with Crippen molar-refractivity contribution in [1.82, 2.24) is 0 Å². The van der Waals surface area contributed by atoms with Crippen LogP contribution in [0.25, 0.3) is 0 Å². The van der Waals surface area contributed by atoms with Crippen molar-refractivity contribution < 1.29 is 19.7 Å². The molecule has 0 atom stereocenters. The molecule has 0 radical (unpaired) electrons. The molecule has 0 aliphatic carbocycles. The zero-order valence-electron chi connectivity index (χ0n) is 14.5. The molecular weight excluding hydrogens is 332 g/mol. The van der Waals surface area contributed by atoms with Crippen LogP contribution < -0.4 is 20.9 Å². The Morgan fingerprint density at radius 2 is 1.12 bits per heavy atom.